The van der Waals surface area contributed by atoms with Gasteiger partial charge in [0.25, 0.3) is 0 Å². The van der Waals surface area contributed by atoms with Gasteiger partial charge < -0.3 is 4.90 Å². The summed E-state index contributed by atoms with van der Waals surface area (Å²) in [6.45, 7) is 10.5. The van der Waals surface area contributed by atoms with Crippen molar-refractivity contribution in [3.63, 3.8) is 0 Å². The van der Waals surface area contributed by atoms with Gasteiger partial charge in [0.1, 0.15) is 5.84 Å². The molecule has 1 saturated carbocycles. The molecule has 1 aliphatic carbocycles. The SMILES string of the molecule is C=C(C)/C(C)=C/C(=NC)C1=CC(=C2CCC2)N2C=C(N3C[C@@H]4C[C@H]3CN4C)C=CC2=N1. The molecule has 4 aliphatic heterocycles. The minimum atomic E-state index is 0.633. The first-order valence-electron chi connectivity index (χ1n) is 11.4. The molecule has 5 aliphatic rings. The molecule has 0 unspecified atom stereocenters. The molecule has 31 heavy (non-hydrogen) atoms. The molecule has 3 fully saturated rings. The second kappa shape index (κ2) is 7.79. The van der Waals surface area contributed by atoms with Gasteiger partial charge in [-0.15, -0.1) is 0 Å². The van der Waals surface area contributed by atoms with E-state index >= 15 is 0 Å². The summed E-state index contributed by atoms with van der Waals surface area (Å²) in [4.78, 5) is 17.0. The molecule has 5 nitrogen and oxygen atoms in total. The maximum Gasteiger partial charge on any atom is 0.137 e. The van der Waals surface area contributed by atoms with Crippen LogP contribution in [0.4, 0.5) is 0 Å². The maximum absolute atomic E-state index is 5.01. The van der Waals surface area contributed by atoms with Crippen LogP contribution in [0.25, 0.3) is 0 Å². The highest BCUT2D eigenvalue weighted by molar-refractivity contribution is 6.12. The van der Waals surface area contributed by atoms with Crippen molar-refractivity contribution < 1.29 is 0 Å². The molecule has 0 aromatic heterocycles. The molecular weight excluding hydrogens is 382 g/mol. The topological polar surface area (TPSA) is 34.4 Å². The van der Waals surface area contributed by atoms with Gasteiger partial charge in [0.05, 0.1) is 17.1 Å². The Morgan fingerprint density at radius 3 is 2.58 bits per heavy atom. The second-order valence-electron chi connectivity index (χ2n) is 9.45. The van der Waals surface area contributed by atoms with E-state index in [1.807, 2.05) is 14.0 Å². The van der Waals surface area contributed by atoms with Crippen LogP contribution in [0.2, 0.25) is 0 Å². The van der Waals surface area contributed by atoms with Gasteiger partial charge in [0, 0.05) is 44.1 Å². The molecule has 0 aromatic rings. The number of nitrogens with zero attached hydrogens (tertiary/aromatic N) is 5. The van der Waals surface area contributed by atoms with Crippen molar-refractivity contribution in [1.82, 2.24) is 14.7 Å². The van der Waals surface area contributed by atoms with Crippen LogP contribution >= 0.6 is 0 Å². The fraction of sp³-hybridized carbons (Fsp3) is 0.462. The number of allylic oxidation sites excluding steroid dienone is 6. The van der Waals surface area contributed by atoms with E-state index in [2.05, 4.69) is 70.7 Å². The molecule has 0 amide bonds. The van der Waals surface area contributed by atoms with Crippen LogP contribution in [-0.4, -0.2) is 65.5 Å². The van der Waals surface area contributed by atoms with E-state index in [1.165, 1.54) is 49.2 Å². The van der Waals surface area contributed by atoms with E-state index < -0.39 is 0 Å². The van der Waals surface area contributed by atoms with Crippen molar-refractivity contribution in [3.8, 4) is 0 Å². The van der Waals surface area contributed by atoms with Gasteiger partial charge >= 0.3 is 0 Å². The Hall–Kier alpha value is -2.66. The molecule has 0 radical (unpaired) electrons. The largest absolute Gasteiger partial charge is 0.364 e. The zero-order valence-electron chi connectivity index (χ0n) is 19.2. The molecule has 0 spiro atoms. The third-order valence-corrected chi connectivity index (χ3v) is 7.37. The van der Waals surface area contributed by atoms with Crippen molar-refractivity contribution in [2.24, 2.45) is 9.98 Å². The van der Waals surface area contributed by atoms with E-state index in [0.29, 0.717) is 12.1 Å². The summed E-state index contributed by atoms with van der Waals surface area (Å²) in [5, 5.41) is 0. The highest BCUT2D eigenvalue weighted by Crippen LogP contribution is 2.38. The first kappa shape index (κ1) is 20.3. The number of likely N-dealkylation sites (N-methyl/N-ethyl adjacent to an activating group) is 1. The number of piperazine rings is 1. The predicted octanol–water partition coefficient (Wildman–Crippen LogP) is 4.42. The summed E-state index contributed by atoms with van der Waals surface area (Å²) < 4.78 is 0. The van der Waals surface area contributed by atoms with Gasteiger partial charge in [0.15, 0.2) is 0 Å². The lowest BCUT2D eigenvalue weighted by molar-refractivity contribution is 0.184. The van der Waals surface area contributed by atoms with Crippen molar-refractivity contribution >= 4 is 11.5 Å². The molecule has 2 saturated heterocycles. The smallest absolute Gasteiger partial charge is 0.137 e. The third-order valence-electron chi connectivity index (χ3n) is 7.37. The van der Waals surface area contributed by atoms with Crippen LogP contribution in [0.15, 0.2) is 80.9 Å². The van der Waals surface area contributed by atoms with Crippen LogP contribution in [0.3, 0.4) is 0 Å². The summed E-state index contributed by atoms with van der Waals surface area (Å²) in [7, 11) is 4.10. The molecular formula is C26H33N5. The Morgan fingerprint density at radius 2 is 2.00 bits per heavy atom. The Balaban J connectivity index is 1.48. The lowest BCUT2D eigenvalue weighted by Gasteiger charge is -2.38. The average molecular weight is 416 g/mol. The molecule has 0 N–H and O–H groups in total. The molecule has 5 rings (SSSR count). The average Bonchev–Trinajstić information content (AvgIpc) is 3.29. The lowest BCUT2D eigenvalue weighted by atomic mass is 9.89. The van der Waals surface area contributed by atoms with Crippen LogP contribution in [-0.2, 0) is 0 Å². The summed E-state index contributed by atoms with van der Waals surface area (Å²) in [6.07, 6.45) is 16.0. The number of likely N-dealkylation sites (tertiary alicyclic amines) is 2. The van der Waals surface area contributed by atoms with E-state index in [4.69, 9.17) is 4.99 Å². The fourth-order valence-corrected chi connectivity index (χ4v) is 5.07. The van der Waals surface area contributed by atoms with E-state index in [-0.39, 0.29) is 0 Å². The lowest BCUT2D eigenvalue weighted by Crippen LogP contribution is -2.44. The van der Waals surface area contributed by atoms with Crippen molar-refractivity contribution in [3.05, 3.63) is 70.9 Å². The van der Waals surface area contributed by atoms with Gasteiger partial charge in [-0.05, 0) is 82.0 Å². The highest BCUT2D eigenvalue weighted by atomic mass is 15.4. The number of hydrogen-bond donors (Lipinski definition) is 0. The van der Waals surface area contributed by atoms with Gasteiger partial charge in [0.2, 0.25) is 0 Å². The van der Waals surface area contributed by atoms with Crippen molar-refractivity contribution in [1.29, 1.82) is 0 Å². The summed E-state index contributed by atoms with van der Waals surface area (Å²) >= 11 is 0. The molecule has 4 heterocycles. The maximum atomic E-state index is 5.01. The molecule has 2 atom stereocenters. The molecule has 2 bridgehead atoms. The number of rotatable bonds is 4. The number of amidine groups is 1. The Kier molecular flexibility index (Phi) is 5.09. The quantitative estimate of drug-likeness (QED) is 0.504. The summed E-state index contributed by atoms with van der Waals surface area (Å²) in [6, 6.07) is 1.33. The minimum absolute atomic E-state index is 0.633. The Morgan fingerprint density at radius 1 is 1.19 bits per heavy atom. The van der Waals surface area contributed by atoms with Crippen LogP contribution in [0.1, 0.15) is 39.5 Å². The van der Waals surface area contributed by atoms with Crippen LogP contribution in [0, 0.1) is 0 Å². The summed E-state index contributed by atoms with van der Waals surface area (Å²) in [5.41, 5.74) is 8.17. The number of fused-ring (bicyclic) bond motifs is 3. The van der Waals surface area contributed by atoms with Gasteiger partial charge in [-0.25, -0.2) is 4.99 Å². The number of aliphatic imine (C=N–C) groups is 2. The monoisotopic (exact) mass is 415 g/mol. The molecule has 0 aromatic carbocycles. The van der Waals surface area contributed by atoms with Gasteiger partial charge in [-0.1, -0.05) is 12.2 Å². The van der Waals surface area contributed by atoms with Gasteiger partial charge in [-0.2, -0.15) is 0 Å². The number of hydrogen-bond acceptors (Lipinski definition) is 5. The van der Waals surface area contributed by atoms with Crippen molar-refractivity contribution in [2.45, 2.75) is 51.6 Å². The Bertz CT molecular complexity index is 1020. The standard InChI is InChI=1S/C26H33N5/c1-17(2)18(3)11-23(27-4)24-13-25(19-7-6-8-19)31-15-20(9-10-26(31)28-24)30-16-21-12-22(30)14-29(21)5/h9-11,13,15,21-22H,1,6-8,12,14,16H2,2-5H3/b18-11+,27-23?/t21-,22-/m0/s1. The highest BCUT2D eigenvalue weighted by Gasteiger charge is 2.42. The van der Waals surface area contributed by atoms with E-state index in [1.54, 1.807) is 0 Å². The predicted molar refractivity (Wildman–Crippen MR) is 129 cm³/mol. The van der Waals surface area contributed by atoms with Crippen LogP contribution in [0.5, 0.6) is 0 Å². The first-order chi connectivity index (χ1) is 14.9. The molecule has 5 heteroatoms. The first-order valence-corrected chi connectivity index (χ1v) is 11.4. The fourth-order valence-electron chi connectivity index (χ4n) is 5.07. The van der Waals surface area contributed by atoms with E-state index in [9.17, 15) is 0 Å². The zero-order chi connectivity index (χ0) is 21.7. The summed E-state index contributed by atoms with van der Waals surface area (Å²) in [5.74, 6) is 0.986. The van der Waals surface area contributed by atoms with Gasteiger partial charge in [-0.3, -0.25) is 14.8 Å². The normalized spacial score (nSPS) is 28.5. The Labute approximate surface area is 186 Å². The van der Waals surface area contributed by atoms with Crippen LogP contribution < -0.4 is 0 Å². The van der Waals surface area contributed by atoms with E-state index in [0.717, 1.165) is 34.9 Å². The van der Waals surface area contributed by atoms with Crippen molar-refractivity contribution in [2.75, 3.05) is 27.2 Å². The minimum Gasteiger partial charge on any atom is -0.364 e. The molecule has 162 valence electrons. The zero-order valence-corrected chi connectivity index (χ0v) is 19.2. The second-order valence-corrected chi connectivity index (χ2v) is 9.45. The third kappa shape index (κ3) is 3.55.